The summed E-state index contributed by atoms with van der Waals surface area (Å²) in [6, 6.07) is 6.13. The van der Waals surface area contributed by atoms with Crippen LogP contribution in [0.5, 0.6) is 0 Å². The summed E-state index contributed by atoms with van der Waals surface area (Å²) in [5, 5.41) is 0. The predicted octanol–water partition coefficient (Wildman–Crippen LogP) is 2.60. The molecular formula is C15H23NO3S. The Morgan fingerprint density at radius 2 is 1.60 bits per heavy atom. The lowest BCUT2D eigenvalue weighted by molar-refractivity contribution is 0.0629. The highest BCUT2D eigenvalue weighted by molar-refractivity contribution is 7.90. The van der Waals surface area contributed by atoms with Gasteiger partial charge in [-0.1, -0.05) is 20.8 Å². The van der Waals surface area contributed by atoms with Gasteiger partial charge >= 0.3 is 0 Å². The quantitative estimate of drug-likeness (QED) is 0.861. The molecule has 1 atom stereocenters. The van der Waals surface area contributed by atoms with Crippen molar-refractivity contribution in [2.45, 2.75) is 38.6 Å². The van der Waals surface area contributed by atoms with E-state index in [9.17, 15) is 13.2 Å². The number of nitrogens with zero attached hydrogens (tertiary/aromatic N) is 1. The minimum absolute atomic E-state index is 0.0168. The van der Waals surface area contributed by atoms with Crippen LogP contribution in [0.25, 0.3) is 0 Å². The van der Waals surface area contributed by atoms with E-state index in [0.29, 0.717) is 5.56 Å². The second-order valence-electron chi connectivity index (χ2n) is 6.25. The maximum atomic E-state index is 12.4. The number of carbonyl (C=O) groups excluding carboxylic acids is 1. The zero-order valence-corrected chi connectivity index (χ0v) is 13.8. The minimum atomic E-state index is -3.23. The molecule has 0 saturated heterocycles. The molecule has 4 nitrogen and oxygen atoms in total. The van der Waals surface area contributed by atoms with Crippen molar-refractivity contribution >= 4 is 15.7 Å². The lowest BCUT2D eigenvalue weighted by Crippen LogP contribution is -2.42. The maximum absolute atomic E-state index is 12.4. The largest absolute Gasteiger partial charge is 0.338 e. The molecule has 5 heteroatoms. The van der Waals surface area contributed by atoms with E-state index in [-0.39, 0.29) is 22.3 Å². The minimum Gasteiger partial charge on any atom is -0.338 e. The first-order valence-electron chi connectivity index (χ1n) is 6.52. The first-order valence-corrected chi connectivity index (χ1v) is 8.41. The van der Waals surface area contributed by atoms with Crippen LogP contribution in [0, 0.1) is 5.41 Å². The van der Waals surface area contributed by atoms with Crippen molar-refractivity contribution < 1.29 is 13.2 Å². The number of hydrogen-bond donors (Lipinski definition) is 0. The molecule has 0 saturated carbocycles. The molecule has 20 heavy (non-hydrogen) atoms. The van der Waals surface area contributed by atoms with E-state index in [0.717, 1.165) is 6.26 Å². The Hall–Kier alpha value is -1.36. The molecule has 0 aliphatic heterocycles. The summed E-state index contributed by atoms with van der Waals surface area (Å²) in [4.78, 5) is 14.3. The van der Waals surface area contributed by atoms with E-state index in [1.807, 2.05) is 6.92 Å². The zero-order chi connectivity index (χ0) is 15.7. The van der Waals surface area contributed by atoms with Crippen molar-refractivity contribution in [3.8, 4) is 0 Å². The lowest BCUT2D eigenvalue weighted by atomic mass is 9.87. The normalized spacial score (nSPS) is 13.9. The Morgan fingerprint density at radius 3 is 1.95 bits per heavy atom. The lowest BCUT2D eigenvalue weighted by Gasteiger charge is -2.35. The van der Waals surface area contributed by atoms with Crippen LogP contribution in [0.2, 0.25) is 0 Å². The van der Waals surface area contributed by atoms with E-state index in [2.05, 4.69) is 20.8 Å². The van der Waals surface area contributed by atoms with Gasteiger partial charge in [-0.15, -0.1) is 0 Å². The van der Waals surface area contributed by atoms with Crippen molar-refractivity contribution in [2.75, 3.05) is 13.3 Å². The van der Waals surface area contributed by atoms with E-state index in [1.165, 1.54) is 12.1 Å². The highest BCUT2D eigenvalue weighted by Crippen LogP contribution is 2.24. The number of amides is 1. The van der Waals surface area contributed by atoms with Crippen molar-refractivity contribution in [3.63, 3.8) is 0 Å². The van der Waals surface area contributed by atoms with Crippen LogP contribution in [0.4, 0.5) is 0 Å². The standard InChI is InChI=1S/C15H23NO3S/c1-11(15(2,3)4)16(5)14(17)12-7-9-13(10-8-12)20(6,18)19/h7-11H,1-6H3/t11-/m0/s1. The summed E-state index contributed by atoms with van der Waals surface area (Å²) < 4.78 is 22.8. The summed E-state index contributed by atoms with van der Waals surface area (Å²) in [6.07, 6.45) is 1.15. The van der Waals surface area contributed by atoms with Gasteiger partial charge < -0.3 is 4.90 Å². The average Bonchev–Trinajstić information content (AvgIpc) is 2.34. The third kappa shape index (κ3) is 3.82. The number of hydrogen-bond acceptors (Lipinski definition) is 3. The Labute approximate surface area is 121 Å². The first-order chi connectivity index (χ1) is 8.94. The van der Waals surface area contributed by atoms with Gasteiger partial charge in [-0.3, -0.25) is 4.79 Å². The molecule has 0 aliphatic carbocycles. The average molecular weight is 297 g/mol. The molecule has 0 aliphatic rings. The van der Waals surface area contributed by atoms with Crippen LogP contribution < -0.4 is 0 Å². The van der Waals surface area contributed by atoms with Gasteiger partial charge in [0.25, 0.3) is 5.91 Å². The maximum Gasteiger partial charge on any atom is 0.253 e. The van der Waals surface area contributed by atoms with Crippen molar-refractivity contribution in [2.24, 2.45) is 5.41 Å². The Morgan fingerprint density at radius 1 is 1.15 bits per heavy atom. The number of rotatable bonds is 3. The predicted molar refractivity (Wildman–Crippen MR) is 80.6 cm³/mol. The van der Waals surface area contributed by atoms with Gasteiger partial charge in [0.15, 0.2) is 9.84 Å². The molecule has 0 spiro atoms. The second kappa shape index (κ2) is 5.56. The summed E-state index contributed by atoms with van der Waals surface area (Å²) in [7, 11) is -1.46. The number of sulfone groups is 1. The molecule has 1 rings (SSSR count). The third-order valence-electron chi connectivity index (χ3n) is 3.68. The van der Waals surface area contributed by atoms with Gasteiger partial charge in [-0.05, 0) is 36.6 Å². The summed E-state index contributed by atoms with van der Waals surface area (Å²) in [6.45, 7) is 8.24. The van der Waals surface area contributed by atoms with Crippen LogP contribution >= 0.6 is 0 Å². The molecule has 0 radical (unpaired) electrons. The Bertz CT molecular complexity index is 583. The van der Waals surface area contributed by atoms with Crippen molar-refractivity contribution in [1.29, 1.82) is 0 Å². The second-order valence-corrected chi connectivity index (χ2v) is 8.27. The number of carbonyl (C=O) groups is 1. The van der Waals surface area contributed by atoms with Crippen molar-refractivity contribution in [3.05, 3.63) is 29.8 Å². The fraction of sp³-hybridized carbons (Fsp3) is 0.533. The molecule has 1 aromatic carbocycles. The molecule has 0 heterocycles. The highest BCUT2D eigenvalue weighted by Gasteiger charge is 2.27. The molecular weight excluding hydrogens is 274 g/mol. The highest BCUT2D eigenvalue weighted by atomic mass is 32.2. The SMILES string of the molecule is C[C@H](N(C)C(=O)c1ccc(S(C)(=O)=O)cc1)C(C)(C)C. The summed E-state index contributed by atoms with van der Waals surface area (Å²) >= 11 is 0. The van der Waals surface area contributed by atoms with E-state index >= 15 is 0 Å². The van der Waals surface area contributed by atoms with E-state index in [4.69, 9.17) is 0 Å². The van der Waals surface area contributed by atoms with Crippen LogP contribution in [0.15, 0.2) is 29.2 Å². The Kier molecular flexibility index (Phi) is 4.64. The molecule has 0 fully saturated rings. The molecule has 0 aromatic heterocycles. The van der Waals surface area contributed by atoms with Gasteiger partial charge in [0.05, 0.1) is 4.90 Å². The van der Waals surface area contributed by atoms with Gasteiger partial charge in [-0.25, -0.2) is 8.42 Å². The molecule has 0 N–H and O–H groups in total. The topological polar surface area (TPSA) is 54.5 Å². The van der Waals surface area contributed by atoms with Crippen LogP contribution in [0.3, 0.4) is 0 Å². The molecule has 0 bridgehead atoms. The van der Waals surface area contributed by atoms with Gasteiger partial charge in [0.2, 0.25) is 0 Å². The zero-order valence-electron chi connectivity index (χ0n) is 13.0. The smallest absolute Gasteiger partial charge is 0.253 e. The molecule has 112 valence electrons. The molecule has 1 aromatic rings. The van der Waals surface area contributed by atoms with Crippen molar-refractivity contribution in [1.82, 2.24) is 4.90 Å². The molecule has 1 amide bonds. The monoisotopic (exact) mass is 297 g/mol. The number of benzene rings is 1. The van der Waals surface area contributed by atoms with E-state index < -0.39 is 9.84 Å². The molecule has 0 unspecified atom stereocenters. The van der Waals surface area contributed by atoms with Gasteiger partial charge in [-0.2, -0.15) is 0 Å². The fourth-order valence-electron chi connectivity index (χ4n) is 1.81. The first kappa shape index (κ1) is 16.7. The summed E-state index contributed by atoms with van der Waals surface area (Å²) in [5.41, 5.74) is 0.480. The van der Waals surface area contributed by atoms with Crippen LogP contribution in [-0.4, -0.2) is 38.6 Å². The van der Waals surface area contributed by atoms with Crippen LogP contribution in [0.1, 0.15) is 38.1 Å². The van der Waals surface area contributed by atoms with Gasteiger partial charge in [0.1, 0.15) is 0 Å². The van der Waals surface area contributed by atoms with Gasteiger partial charge in [0, 0.05) is 24.9 Å². The summed E-state index contributed by atoms with van der Waals surface area (Å²) in [5.74, 6) is -0.104. The van der Waals surface area contributed by atoms with Crippen LogP contribution in [-0.2, 0) is 9.84 Å². The third-order valence-corrected chi connectivity index (χ3v) is 4.81. The fourth-order valence-corrected chi connectivity index (χ4v) is 2.44. The van der Waals surface area contributed by atoms with E-state index in [1.54, 1.807) is 24.1 Å². The Balaban J connectivity index is 2.99.